The number of Topliss-reactive ketones (excluding diaryl/α,β-unsaturated/α-hetero) is 1. The Morgan fingerprint density at radius 2 is 1.85 bits per heavy atom. The first-order chi connectivity index (χ1) is 19.2. The summed E-state index contributed by atoms with van der Waals surface area (Å²) in [5, 5.41) is 2.82. The van der Waals surface area contributed by atoms with Crippen molar-refractivity contribution in [3.05, 3.63) is 30.6 Å². The third kappa shape index (κ3) is 4.54. The minimum Gasteiger partial charge on any atom is -0.340 e. The number of nitrogens with zero attached hydrogens (tertiary/aromatic N) is 8. The second-order valence-electron chi connectivity index (χ2n) is 10.8. The van der Waals surface area contributed by atoms with E-state index in [9.17, 15) is 19.2 Å². The Hall–Kier alpha value is -4.42. The van der Waals surface area contributed by atoms with Crippen LogP contribution in [0.25, 0.3) is 11.3 Å². The predicted octanol–water partition coefficient (Wildman–Crippen LogP) is 1.23. The van der Waals surface area contributed by atoms with Crippen molar-refractivity contribution in [2.45, 2.75) is 44.9 Å². The molecule has 6 rings (SSSR count). The molecule has 4 aliphatic rings. The highest BCUT2D eigenvalue weighted by Crippen LogP contribution is 2.45. The molecular weight excluding hydrogens is 514 g/mol. The summed E-state index contributed by atoms with van der Waals surface area (Å²) in [6.07, 6.45) is 5.64. The van der Waals surface area contributed by atoms with Crippen molar-refractivity contribution in [2.24, 2.45) is 16.8 Å². The number of ketones is 1. The number of rotatable bonds is 8. The number of imide groups is 1. The largest absolute Gasteiger partial charge is 0.340 e. The fourth-order valence-electron chi connectivity index (χ4n) is 5.56. The number of fused-ring (bicyclic) bond motifs is 2. The number of hydrogen-bond donors (Lipinski definition) is 1. The van der Waals surface area contributed by atoms with Gasteiger partial charge in [-0.05, 0) is 37.3 Å². The van der Waals surface area contributed by atoms with Crippen molar-refractivity contribution in [1.29, 1.82) is 0 Å². The van der Waals surface area contributed by atoms with Gasteiger partial charge in [0.25, 0.3) is 5.91 Å². The van der Waals surface area contributed by atoms with Crippen LogP contribution >= 0.6 is 0 Å². The number of hydrogen-bond acceptors (Lipinski definition) is 10. The normalized spacial score (nSPS) is 25.7. The fraction of sp³-hybridized carbons (Fsp3) is 0.481. The second-order valence-corrected chi connectivity index (χ2v) is 10.8. The van der Waals surface area contributed by atoms with Crippen LogP contribution in [0.1, 0.15) is 26.7 Å². The molecule has 3 aliphatic heterocycles. The van der Waals surface area contributed by atoms with Crippen molar-refractivity contribution in [3.8, 4) is 11.3 Å². The van der Waals surface area contributed by atoms with Gasteiger partial charge in [0.05, 0.1) is 18.6 Å². The van der Waals surface area contributed by atoms with Crippen LogP contribution in [0.4, 0.5) is 16.6 Å². The molecule has 13 nitrogen and oxygen atoms in total. The number of carbonyl (C=O) groups excluding carboxylic acids is 4. The Morgan fingerprint density at radius 1 is 1.12 bits per heavy atom. The number of urea groups is 1. The molecule has 1 N–H and O–H groups in total. The van der Waals surface area contributed by atoms with E-state index in [2.05, 4.69) is 30.2 Å². The van der Waals surface area contributed by atoms with Crippen LogP contribution in [0.2, 0.25) is 0 Å². The molecule has 13 heteroatoms. The van der Waals surface area contributed by atoms with Crippen LogP contribution < -0.4 is 10.2 Å². The standard InChI is InChI=1S/C27H31N9O4/c1-4-19(37)13-35-25(39)22-23(33(3)27(35)40)30-14-36(22)15(2)24(38)32-21-7-5-6-20(31-21)18-9-28-26(29-10-18)34-11-16-8-17(16)12-34/h5-7,9-10,14-17,22-23H,4,8,11-13H2,1-3H3,(H,31,32,38)/t15-,16?,17?,22?,23?/m0/s1. The van der Waals surface area contributed by atoms with Crippen LogP contribution in [-0.4, -0.2) is 105 Å². The van der Waals surface area contributed by atoms with E-state index in [0.29, 0.717) is 11.5 Å². The molecule has 208 valence electrons. The van der Waals surface area contributed by atoms with Gasteiger partial charge in [-0.25, -0.2) is 24.7 Å². The van der Waals surface area contributed by atoms with E-state index in [4.69, 9.17) is 0 Å². The van der Waals surface area contributed by atoms with E-state index < -0.39 is 36.1 Å². The van der Waals surface area contributed by atoms with E-state index in [-0.39, 0.29) is 18.7 Å². The first-order valence-electron chi connectivity index (χ1n) is 13.5. The van der Waals surface area contributed by atoms with Gasteiger partial charge < -0.3 is 20.0 Å². The zero-order valence-corrected chi connectivity index (χ0v) is 22.6. The number of amides is 4. The summed E-state index contributed by atoms with van der Waals surface area (Å²) in [6.45, 7) is 5.04. The number of pyridine rings is 1. The maximum Gasteiger partial charge on any atom is 0.328 e. The molecule has 1 saturated carbocycles. The van der Waals surface area contributed by atoms with Gasteiger partial charge in [0, 0.05) is 44.5 Å². The van der Waals surface area contributed by atoms with Crippen LogP contribution in [0.3, 0.4) is 0 Å². The molecule has 4 amide bonds. The van der Waals surface area contributed by atoms with E-state index in [1.807, 2.05) is 6.07 Å². The zero-order chi connectivity index (χ0) is 28.1. The lowest BCUT2D eigenvalue weighted by atomic mass is 10.1. The number of nitrogens with one attached hydrogen (secondary N) is 1. The molecule has 0 spiro atoms. The molecule has 4 unspecified atom stereocenters. The summed E-state index contributed by atoms with van der Waals surface area (Å²) < 4.78 is 0. The molecular formula is C27H31N9O4. The number of likely N-dealkylation sites (N-methyl/N-ethyl adjacent to an activating group) is 1. The van der Waals surface area contributed by atoms with Gasteiger partial charge in [0.1, 0.15) is 11.9 Å². The van der Waals surface area contributed by atoms with Gasteiger partial charge in [0.2, 0.25) is 11.9 Å². The molecule has 3 fully saturated rings. The Bertz CT molecular complexity index is 1390. The lowest BCUT2D eigenvalue weighted by molar-refractivity contribution is -0.141. The van der Waals surface area contributed by atoms with Crippen molar-refractivity contribution in [2.75, 3.05) is 36.9 Å². The average molecular weight is 546 g/mol. The molecule has 2 aromatic rings. The minimum atomic E-state index is -0.912. The zero-order valence-electron chi connectivity index (χ0n) is 22.6. The summed E-state index contributed by atoms with van der Waals surface area (Å²) in [5.41, 5.74) is 1.34. The van der Waals surface area contributed by atoms with Crippen molar-refractivity contribution < 1.29 is 19.2 Å². The van der Waals surface area contributed by atoms with E-state index in [0.717, 1.165) is 41.3 Å². The molecule has 40 heavy (non-hydrogen) atoms. The van der Waals surface area contributed by atoms with Crippen LogP contribution in [0.5, 0.6) is 0 Å². The Balaban J connectivity index is 1.13. The van der Waals surface area contributed by atoms with E-state index >= 15 is 0 Å². The Labute approximate surface area is 231 Å². The summed E-state index contributed by atoms with van der Waals surface area (Å²) >= 11 is 0. The lowest BCUT2D eigenvalue weighted by Gasteiger charge is -2.42. The number of carbonyl (C=O) groups is 4. The number of aromatic nitrogens is 3. The van der Waals surface area contributed by atoms with Crippen molar-refractivity contribution in [1.82, 2.24) is 29.7 Å². The van der Waals surface area contributed by atoms with E-state index in [1.54, 1.807) is 38.4 Å². The quantitative estimate of drug-likeness (QED) is 0.518. The highest BCUT2D eigenvalue weighted by molar-refractivity contribution is 6.05. The van der Waals surface area contributed by atoms with Gasteiger partial charge in [-0.3, -0.25) is 19.3 Å². The number of anilines is 2. The third-order valence-electron chi connectivity index (χ3n) is 8.16. The lowest BCUT2D eigenvalue weighted by Crippen LogP contribution is -2.66. The van der Waals surface area contributed by atoms with Crippen LogP contribution in [0, 0.1) is 11.8 Å². The second kappa shape index (κ2) is 9.96. The third-order valence-corrected chi connectivity index (χ3v) is 8.16. The Kier molecular flexibility index (Phi) is 6.43. The SMILES string of the molecule is CCC(=O)CN1C(=O)C2C(N=CN2[C@@H](C)C(=O)Nc2cccc(-c3cnc(N4CC5CC5C4)nc3)n2)N(C)C1=O. The topological polar surface area (TPSA) is 144 Å². The molecule has 2 aromatic heterocycles. The first kappa shape index (κ1) is 25.8. The van der Waals surface area contributed by atoms with Gasteiger partial charge in [0.15, 0.2) is 18.0 Å². The monoisotopic (exact) mass is 545 g/mol. The van der Waals surface area contributed by atoms with Crippen molar-refractivity contribution >= 4 is 41.7 Å². The van der Waals surface area contributed by atoms with Crippen molar-refractivity contribution in [3.63, 3.8) is 0 Å². The summed E-state index contributed by atoms with van der Waals surface area (Å²) in [7, 11) is 1.53. The van der Waals surface area contributed by atoms with Crippen LogP contribution in [-0.2, 0) is 14.4 Å². The predicted molar refractivity (Wildman–Crippen MR) is 145 cm³/mol. The fourth-order valence-corrected chi connectivity index (χ4v) is 5.56. The van der Waals surface area contributed by atoms with E-state index in [1.165, 1.54) is 29.6 Å². The maximum absolute atomic E-state index is 13.3. The molecule has 5 heterocycles. The highest BCUT2D eigenvalue weighted by atomic mass is 16.2. The average Bonchev–Trinajstić information content (AvgIpc) is 3.35. The first-order valence-corrected chi connectivity index (χ1v) is 13.5. The molecule has 0 aromatic carbocycles. The minimum absolute atomic E-state index is 0.204. The number of piperidine rings is 1. The van der Waals surface area contributed by atoms with Gasteiger partial charge in [-0.15, -0.1) is 0 Å². The molecule has 5 atom stereocenters. The Morgan fingerprint density at radius 3 is 2.55 bits per heavy atom. The summed E-state index contributed by atoms with van der Waals surface area (Å²) in [4.78, 5) is 75.2. The number of aliphatic imine (C=N–C) groups is 1. The van der Waals surface area contributed by atoms with Gasteiger partial charge >= 0.3 is 6.03 Å². The maximum atomic E-state index is 13.3. The van der Waals surface area contributed by atoms with Gasteiger partial charge in [-0.1, -0.05) is 13.0 Å². The molecule has 0 bridgehead atoms. The molecule has 0 radical (unpaired) electrons. The molecule has 2 saturated heterocycles. The highest BCUT2D eigenvalue weighted by Gasteiger charge is 2.51. The summed E-state index contributed by atoms with van der Waals surface area (Å²) in [5.74, 6) is 1.44. The molecule has 1 aliphatic carbocycles. The van der Waals surface area contributed by atoms with Gasteiger partial charge in [-0.2, -0.15) is 0 Å². The smallest absolute Gasteiger partial charge is 0.328 e. The van der Waals surface area contributed by atoms with Crippen LogP contribution in [0.15, 0.2) is 35.6 Å². The summed E-state index contributed by atoms with van der Waals surface area (Å²) in [6, 6.07) is 2.97.